The molecule has 0 N–H and O–H groups in total. The molecule has 0 atom stereocenters. The molecule has 1 aliphatic heterocycles. The van der Waals surface area contributed by atoms with Crippen LogP contribution in [0.1, 0.15) is 28.7 Å². The minimum Gasteiger partial charge on any atom is -0.488 e. The van der Waals surface area contributed by atoms with E-state index in [0.717, 1.165) is 18.7 Å². The van der Waals surface area contributed by atoms with Crippen LogP contribution >= 0.6 is 0 Å². The topological polar surface area (TPSA) is 12.5 Å². The third kappa shape index (κ3) is 2.93. The van der Waals surface area contributed by atoms with Crippen LogP contribution in [0, 0.1) is 6.92 Å². The van der Waals surface area contributed by atoms with Crippen LogP contribution in [0.25, 0.3) is 5.57 Å². The minimum absolute atomic E-state index is 0.637. The van der Waals surface area contributed by atoms with Gasteiger partial charge in [0.1, 0.15) is 12.4 Å². The van der Waals surface area contributed by atoms with Crippen molar-refractivity contribution in [2.24, 2.45) is 0 Å². The summed E-state index contributed by atoms with van der Waals surface area (Å²) in [4.78, 5) is 2.22. The van der Waals surface area contributed by atoms with Crippen molar-refractivity contribution < 1.29 is 4.74 Å². The smallest absolute Gasteiger partial charge is 0.127 e. The van der Waals surface area contributed by atoms with Crippen molar-refractivity contribution in [3.8, 4) is 5.75 Å². The Morgan fingerprint density at radius 2 is 1.91 bits per heavy atom. The van der Waals surface area contributed by atoms with Crippen LogP contribution in [-0.2, 0) is 6.61 Å². The monoisotopic (exact) mass is 293 g/mol. The van der Waals surface area contributed by atoms with Gasteiger partial charge in [0.05, 0.1) is 0 Å². The molecule has 0 spiro atoms. The first kappa shape index (κ1) is 14.9. The second kappa shape index (κ2) is 6.37. The summed E-state index contributed by atoms with van der Waals surface area (Å²) in [7, 11) is 4.23. The Bertz CT molecular complexity index is 701. The van der Waals surface area contributed by atoms with Gasteiger partial charge in [-0.1, -0.05) is 42.5 Å². The van der Waals surface area contributed by atoms with Crippen molar-refractivity contribution >= 4 is 5.57 Å². The third-order valence-corrected chi connectivity index (χ3v) is 4.12. The average Bonchev–Trinajstić information content (AvgIpc) is 2.66. The van der Waals surface area contributed by atoms with E-state index in [1.54, 1.807) is 0 Å². The van der Waals surface area contributed by atoms with E-state index >= 15 is 0 Å². The third-order valence-electron chi connectivity index (χ3n) is 4.12. The second-order valence-corrected chi connectivity index (χ2v) is 6.10. The van der Waals surface area contributed by atoms with Crippen LogP contribution in [0.15, 0.2) is 48.5 Å². The number of fused-ring (bicyclic) bond motifs is 2. The summed E-state index contributed by atoms with van der Waals surface area (Å²) in [5, 5.41) is 0. The van der Waals surface area contributed by atoms with Gasteiger partial charge >= 0.3 is 0 Å². The van der Waals surface area contributed by atoms with Crippen molar-refractivity contribution in [3.63, 3.8) is 0 Å². The number of nitrogens with zero attached hydrogens (tertiary/aromatic N) is 1. The van der Waals surface area contributed by atoms with Gasteiger partial charge in [-0.15, -0.1) is 0 Å². The van der Waals surface area contributed by atoms with Crippen molar-refractivity contribution in [2.75, 3.05) is 20.6 Å². The molecule has 0 unspecified atom stereocenters. The highest BCUT2D eigenvalue weighted by molar-refractivity contribution is 5.86. The van der Waals surface area contributed by atoms with Crippen molar-refractivity contribution in [1.29, 1.82) is 0 Å². The van der Waals surface area contributed by atoms with Crippen LogP contribution in [0.4, 0.5) is 0 Å². The van der Waals surface area contributed by atoms with Crippen molar-refractivity contribution in [3.05, 3.63) is 70.8 Å². The summed E-state index contributed by atoms with van der Waals surface area (Å²) in [6.07, 6.45) is 3.39. The number of hydrogen-bond donors (Lipinski definition) is 0. The van der Waals surface area contributed by atoms with Crippen molar-refractivity contribution in [1.82, 2.24) is 4.90 Å². The number of hydrogen-bond acceptors (Lipinski definition) is 2. The Balaban J connectivity index is 2.13. The Morgan fingerprint density at radius 1 is 1.09 bits per heavy atom. The van der Waals surface area contributed by atoms with E-state index in [2.05, 4.69) is 74.5 Å². The number of rotatable bonds is 3. The zero-order chi connectivity index (χ0) is 15.5. The van der Waals surface area contributed by atoms with Gasteiger partial charge in [-0.3, -0.25) is 0 Å². The second-order valence-electron chi connectivity index (χ2n) is 6.10. The summed E-state index contributed by atoms with van der Waals surface area (Å²) >= 11 is 0. The van der Waals surface area contributed by atoms with Crippen LogP contribution in [-0.4, -0.2) is 25.5 Å². The summed E-state index contributed by atoms with van der Waals surface area (Å²) < 4.78 is 6.06. The zero-order valence-electron chi connectivity index (χ0n) is 13.6. The van der Waals surface area contributed by atoms with Crippen LogP contribution in [0.5, 0.6) is 5.75 Å². The lowest BCUT2D eigenvalue weighted by atomic mass is 9.91. The Hall–Kier alpha value is -2.06. The first-order chi connectivity index (χ1) is 10.7. The van der Waals surface area contributed by atoms with Crippen LogP contribution in [0.2, 0.25) is 0 Å². The molecule has 22 heavy (non-hydrogen) atoms. The predicted octanol–water partition coefficient (Wildman–Crippen LogP) is 4.27. The van der Waals surface area contributed by atoms with Gasteiger partial charge in [0.15, 0.2) is 0 Å². The van der Waals surface area contributed by atoms with Gasteiger partial charge in [0.2, 0.25) is 0 Å². The lowest BCUT2D eigenvalue weighted by Gasteiger charge is -2.14. The molecule has 2 heteroatoms. The van der Waals surface area contributed by atoms with E-state index in [1.165, 1.54) is 27.8 Å². The van der Waals surface area contributed by atoms with Crippen LogP contribution in [0.3, 0.4) is 0 Å². The molecule has 1 heterocycles. The number of aryl methyl sites for hydroxylation is 1. The van der Waals surface area contributed by atoms with E-state index in [4.69, 9.17) is 4.74 Å². The molecular weight excluding hydrogens is 270 g/mol. The molecule has 2 nitrogen and oxygen atoms in total. The first-order valence-electron chi connectivity index (χ1n) is 7.83. The largest absolute Gasteiger partial charge is 0.488 e. The van der Waals surface area contributed by atoms with Gasteiger partial charge in [-0.2, -0.15) is 0 Å². The van der Waals surface area contributed by atoms with Crippen LogP contribution < -0.4 is 4.74 Å². The fourth-order valence-electron chi connectivity index (χ4n) is 2.98. The van der Waals surface area contributed by atoms with Gasteiger partial charge < -0.3 is 9.64 Å². The predicted molar refractivity (Wildman–Crippen MR) is 92.2 cm³/mol. The standard InChI is InChI=1S/C20H23NO/c1-15-8-6-12-19-20(15)18(11-7-13-21(2)3)17-10-5-4-9-16(17)14-22-19/h4-6,8-12H,7,13-14H2,1-3H3. The Labute approximate surface area is 133 Å². The average molecular weight is 293 g/mol. The number of ether oxygens (including phenoxy) is 1. The lowest BCUT2D eigenvalue weighted by Crippen LogP contribution is -2.12. The van der Waals surface area contributed by atoms with E-state index in [0.29, 0.717) is 6.61 Å². The molecule has 0 aromatic heterocycles. The molecule has 0 radical (unpaired) electrons. The molecule has 2 aromatic carbocycles. The van der Waals surface area contributed by atoms with E-state index in [9.17, 15) is 0 Å². The Kier molecular flexibility index (Phi) is 4.30. The molecule has 0 fully saturated rings. The van der Waals surface area contributed by atoms with E-state index in [1.807, 2.05) is 0 Å². The lowest BCUT2D eigenvalue weighted by molar-refractivity contribution is 0.307. The summed E-state index contributed by atoms with van der Waals surface area (Å²) in [5.41, 5.74) is 6.38. The maximum atomic E-state index is 6.06. The Morgan fingerprint density at radius 3 is 2.73 bits per heavy atom. The molecule has 2 aromatic rings. The molecule has 0 saturated heterocycles. The SMILES string of the molecule is Cc1cccc2c1C(=CCCN(C)C)c1ccccc1CO2. The van der Waals surface area contributed by atoms with E-state index < -0.39 is 0 Å². The minimum atomic E-state index is 0.637. The van der Waals surface area contributed by atoms with Gasteiger partial charge in [-0.05, 0) is 55.8 Å². The highest BCUT2D eigenvalue weighted by Gasteiger charge is 2.20. The molecule has 114 valence electrons. The number of benzene rings is 2. The fraction of sp³-hybridized carbons (Fsp3) is 0.300. The quantitative estimate of drug-likeness (QED) is 0.838. The first-order valence-corrected chi connectivity index (χ1v) is 7.83. The molecular formula is C20H23NO. The fourth-order valence-corrected chi connectivity index (χ4v) is 2.98. The van der Waals surface area contributed by atoms with Gasteiger partial charge in [-0.25, -0.2) is 0 Å². The van der Waals surface area contributed by atoms with Gasteiger partial charge in [0, 0.05) is 12.1 Å². The molecule has 0 amide bonds. The summed E-state index contributed by atoms with van der Waals surface area (Å²) in [6, 6.07) is 14.9. The highest BCUT2D eigenvalue weighted by atomic mass is 16.5. The molecule has 0 aliphatic carbocycles. The maximum absolute atomic E-state index is 6.06. The van der Waals surface area contributed by atoms with Gasteiger partial charge in [0.25, 0.3) is 0 Å². The molecule has 0 saturated carbocycles. The molecule has 3 rings (SSSR count). The molecule has 0 bridgehead atoms. The van der Waals surface area contributed by atoms with E-state index in [-0.39, 0.29) is 0 Å². The maximum Gasteiger partial charge on any atom is 0.127 e. The normalized spacial score (nSPS) is 15.2. The summed E-state index contributed by atoms with van der Waals surface area (Å²) in [6.45, 7) is 3.85. The van der Waals surface area contributed by atoms with Crippen molar-refractivity contribution in [2.45, 2.75) is 20.0 Å². The zero-order valence-corrected chi connectivity index (χ0v) is 13.6. The molecule has 1 aliphatic rings. The summed E-state index contributed by atoms with van der Waals surface area (Å²) in [5.74, 6) is 0.993. The highest BCUT2D eigenvalue weighted by Crippen LogP contribution is 2.38.